The molecule has 2 amide bonds. The first-order valence-electron chi connectivity index (χ1n) is 6.03. The first kappa shape index (κ1) is 15.8. The van der Waals surface area contributed by atoms with E-state index in [-0.39, 0.29) is 13.0 Å². The average molecular weight is 282 g/mol. The number of urea groups is 1. The number of carboxylic acid groups (broad SMARTS) is 1. The van der Waals surface area contributed by atoms with Crippen molar-refractivity contribution in [2.75, 3.05) is 19.0 Å². The first-order chi connectivity index (χ1) is 9.47. The van der Waals surface area contributed by atoms with Gasteiger partial charge in [0, 0.05) is 13.0 Å². The van der Waals surface area contributed by atoms with E-state index in [1.54, 1.807) is 12.1 Å². The van der Waals surface area contributed by atoms with Gasteiger partial charge in [-0.1, -0.05) is 6.07 Å². The fourth-order valence-corrected chi connectivity index (χ4v) is 1.62. The number of carbonyl (C=O) groups excluding carboxylic acids is 1. The summed E-state index contributed by atoms with van der Waals surface area (Å²) in [5.41, 5.74) is 1.37. The summed E-state index contributed by atoms with van der Waals surface area (Å²) in [4.78, 5) is 22.6. The molecule has 0 aromatic heterocycles. The van der Waals surface area contributed by atoms with E-state index in [2.05, 4.69) is 10.6 Å². The van der Waals surface area contributed by atoms with Crippen molar-refractivity contribution in [3.05, 3.63) is 23.8 Å². The third-order valence-electron chi connectivity index (χ3n) is 2.62. The summed E-state index contributed by atoms with van der Waals surface area (Å²) in [6, 6.07) is 3.42. The van der Waals surface area contributed by atoms with Crippen LogP contribution in [-0.2, 0) is 4.79 Å². The Kier molecular flexibility index (Phi) is 5.79. The minimum Gasteiger partial charge on any atom is -0.495 e. The maximum atomic E-state index is 11.8. The summed E-state index contributed by atoms with van der Waals surface area (Å²) in [7, 11) is 1.47. The second kappa shape index (κ2) is 7.34. The molecule has 0 aliphatic carbocycles. The van der Waals surface area contributed by atoms with Crippen molar-refractivity contribution in [3.63, 3.8) is 0 Å². The highest BCUT2D eigenvalue weighted by Gasteiger charge is 2.19. The second-order valence-corrected chi connectivity index (χ2v) is 4.21. The van der Waals surface area contributed by atoms with Crippen LogP contribution in [0.3, 0.4) is 0 Å². The number of methoxy groups -OCH3 is 1. The molecule has 110 valence electrons. The molecule has 0 saturated carbocycles. The number of carboxylic acids is 1. The minimum absolute atomic E-state index is 0.0618. The molecule has 1 aromatic carbocycles. The molecule has 0 bridgehead atoms. The number of ether oxygens (including phenoxy) is 1. The summed E-state index contributed by atoms with van der Waals surface area (Å²) in [5, 5.41) is 22.4. The lowest BCUT2D eigenvalue weighted by Crippen LogP contribution is -2.43. The molecule has 0 aliphatic heterocycles. The summed E-state index contributed by atoms with van der Waals surface area (Å²) in [6.45, 7) is 1.53. The zero-order valence-corrected chi connectivity index (χ0v) is 11.3. The Balaban J connectivity index is 2.75. The van der Waals surface area contributed by atoms with Crippen LogP contribution in [0.2, 0.25) is 0 Å². The number of benzene rings is 1. The number of aryl methyl sites for hydroxylation is 1. The Morgan fingerprint density at radius 2 is 2.10 bits per heavy atom. The number of carbonyl (C=O) groups is 2. The zero-order chi connectivity index (χ0) is 15.1. The fourth-order valence-electron chi connectivity index (χ4n) is 1.62. The number of amides is 2. The molecule has 0 saturated heterocycles. The van der Waals surface area contributed by atoms with Gasteiger partial charge < -0.3 is 25.6 Å². The van der Waals surface area contributed by atoms with Gasteiger partial charge in [0.15, 0.2) is 0 Å². The number of hydrogen-bond donors (Lipinski definition) is 4. The molecular weight excluding hydrogens is 264 g/mol. The lowest BCUT2D eigenvalue weighted by Gasteiger charge is -2.15. The molecule has 1 aromatic rings. The van der Waals surface area contributed by atoms with Crippen molar-refractivity contribution < 1.29 is 24.5 Å². The largest absolute Gasteiger partial charge is 0.495 e. The second-order valence-electron chi connectivity index (χ2n) is 4.21. The molecule has 0 fully saturated rings. The van der Waals surface area contributed by atoms with Crippen LogP contribution in [0.25, 0.3) is 0 Å². The lowest BCUT2D eigenvalue weighted by atomic mass is 10.2. The van der Waals surface area contributed by atoms with Crippen molar-refractivity contribution >= 4 is 17.7 Å². The van der Waals surface area contributed by atoms with E-state index in [1.807, 2.05) is 13.0 Å². The number of aliphatic carboxylic acids is 1. The van der Waals surface area contributed by atoms with E-state index in [0.29, 0.717) is 11.4 Å². The number of nitrogens with one attached hydrogen (secondary N) is 2. The van der Waals surface area contributed by atoms with Crippen LogP contribution >= 0.6 is 0 Å². The minimum atomic E-state index is -1.20. The van der Waals surface area contributed by atoms with Gasteiger partial charge in [-0.15, -0.1) is 0 Å². The van der Waals surface area contributed by atoms with Crippen molar-refractivity contribution in [2.24, 2.45) is 0 Å². The quantitative estimate of drug-likeness (QED) is 0.621. The molecule has 0 spiro atoms. The Morgan fingerprint density at radius 3 is 2.65 bits per heavy atom. The van der Waals surface area contributed by atoms with Gasteiger partial charge in [-0.05, 0) is 24.6 Å². The maximum absolute atomic E-state index is 11.8. The Labute approximate surface area is 116 Å². The van der Waals surface area contributed by atoms with Gasteiger partial charge in [0.2, 0.25) is 0 Å². The Morgan fingerprint density at radius 1 is 1.40 bits per heavy atom. The van der Waals surface area contributed by atoms with Crippen LogP contribution in [0.15, 0.2) is 18.2 Å². The van der Waals surface area contributed by atoms with Gasteiger partial charge in [-0.25, -0.2) is 9.59 Å². The highest BCUT2D eigenvalue weighted by molar-refractivity contribution is 5.93. The Hall–Kier alpha value is -2.28. The summed E-state index contributed by atoms with van der Waals surface area (Å²) in [5.74, 6) is -0.731. The summed E-state index contributed by atoms with van der Waals surface area (Å²) in [6.07, 6.45) is -0.0618. The van der Waals surface area contributed by atoms with Crippen molar-refractivity contribution in [1.82, 2.24) is 5.32 Å². The molecule has 1 rings (SSSR count). The van der Waals surface area contributed by atoms with Gasteiger partial charge in [-0.3, -0.25) is 0 Å². The molecule has 20 heavy (non-hydrogen) atoms. The van der Waals surface area contributed by atoms with E-state index in [4.69, 9.17) is 14.9 Å². The molecule has 1 atom stereocenters. The van der Waals surface area contributed by atoms with E-state index in [0.717, 1.165) is 5.56 Å². The SMILES string of the molecule is COc1ccc(C)cc1NC(=O)N[C@@H](CCO)C(=O)O. The van der Waals surface area contributed by atoms with Crippen LogP contribution in [0.1, 0.15) is 12.0 Å². The van der Waals surface area contributed by atoms with Crippen molar-refractivity contribution in [3.8, 4) is 5.75 Å². The molecule has 0 aliphatic rings. The van der Waals surface area contributed by atoms with Crippen LogP contribution in [-0.4, -0.2) is 42.0 Å². The van der Waals surface area contributed by atoms with Gasteiger partial charge in [0.1, 0.15) is 11.8 Å². The van der Waals surface area contributed by atoms with Crippen LogP contribution in [0.4, 0.5) is 10.5 Å². The number of rotatable bonds is 6. The number of aliphatic hydroxyl groups excluding tert-OH is 1. The summed E-state index contributed by atoms with van der Waals surface area (Å²) >= 11 is 0. The topological polar surface area (TPSA) is 108 Å². The molecule has 7 heteroatoms. The lowest BCUT2D eigenvalue weighted by molar-refractivity contribution is -0.139. The standard InChI is InChI=1S/C13H18N2O5/c1-8-3-4-11(20-2)10(7-8)15-13(19)14-9(5-6-16)12(17)18/h3-4,7,9,16H,5-6H2,1-2H3,(H,17,18)(H2,14,15,19)/t9-/m0/s1. The Bertz CT molecular complexity index is 490. The predicted molar refractivity (Wildman–Crippen MR) is 73.0 cm³/mol. The molecule has 0 radical (unpaired) electrons. The van der Waals surface area contributed by atoms with Crippen molar-refractivity contribution in [1.29, 1.82) is 0 Å². The van der Waals surface area contributed by atoms with Crippen LogP contribution in [0.5, 0.6) is 5.75 Å². The third-order valence-corrected chi connectivity index (χ3v) is 2.62. The molecular formula is C13H18N2O5. The first-order valence-corrected chi connectivity index (χ1v) is 6.03. The van der Waals surface area contributed by atoms with E-state index < -0.39 is 18.0 Å². The molecule has 4 N–H and O–H groups in total. The molecule has 7 nitrogen and oxygen atoms in total. The molecule has 0 heterocycles. The number of anilines is 1. The van der Waals surface area contributed by atoms with E-state index in [9.17, 15) is 9.59 Å². The molecule has 0 unspecified atom stereocenters. The summed E-state index contributed by atoms with van der Waals surface area (Å²) < 4.78 is 5.10. The van der Waals surface area contributed by atoms with Gasteiger partial charge in [0.25, 0.3) is 0 Å². The zero-order valence-electron chi connectivity index (χ0n) is 11.3. The maximum Gasteiger partial charge on any atom is 0.326 e. The van der Waals surface area contributed by atoms with Gasteiger partial charge in [-0.2, -0.15) is 0 Å². The predicted octanol–water partition coefficient (Wildman–Crippen LogP) is 0.961. The normalized spacial score (nSPS) is 11.6. The average Bonchev–Trinajstić information content (AvgIpc) is 2.38. The highest BCUT2D eigenvalue weighted by atomic mass is 16.5. The monoisotopic (exact) mass is 282 g/mol. The number of aliphatic hydroxyl groups is 1. The van der Waals surface area contributed by atoms with Crippen LogP contribution < -0.4 is 15.4 Å². The van der Waals surface area contributed by atoms with E-state index in [1.165, 1.54) is 7.11 Å². The smallest absolute Gasteiger partial charge is 0.326 e. The highest BCUT2D eigenvalue weighted by Crippen LogP contribution is 2.24. The van der Waals surface area contributed by atoms with Gasteiger partial charge in [0.05, 0.1) is 12.8 Å². The number of hydrogen-bond acceptors (Lipinski definition) is 4. The van der Waals surface area contributed by atoms with E-state index >= 15 is 0 Å². The van der Waals surface area contributed by atoms with Crippen LogP contribution in [0, 0.1) is 6.92 Å². The van der Waals surface area contributed by atoms with Crippen molar-refractivity contribution in [2.45, 2.75) is 19.4 Å². The third kappa shape index (κ3) is 4.43. The van der Waals surface area contributed by atoms with Gasteiger partial charge >= 0.3 is 12.0 Å². The fraction of sp³-hybridized carbons (Fsp3) is 0.385.